The molecule has 0 spiro atoms. The van der Waals surface area contributed by atoms with Gasteiger partial charge in [0.2, 0.25) is 0 Å². The summed E-state index contributed by atoms with van der Waals surface area (Å²) in [5, 5.41) is 20.5. The number of hydrogen-bond acceptors (Lipinski definition) is 3. The molecular weight excluding hydrogens is 322 g/mol. The molecule has 0 aromatic heterocycles. The minimum Gasteiger partial charge on any atom is -0.508 e. The second-order valence-electron chi connectivity index (χ2n) is 7.67. The van der Waals surface area contributed by atoms with Crippen molar-refractivity contribution in [2.24, 2.45) is 0 Å². The Balaban J connectivity index is 2.38. The molecule has 0 saturated carbocycles. The van der Waals surface area contributed by atoms with Crippen LogP contribution in [-0.4, -0.2) is 33.7 Å². The van der Waals surface area contributed by atoms with Gasteiger partial charge in [-0.2, -0.15) is 0 Å². The van der Waals surface area contributed by atoms with Gasteiger partial charge in [0, 0.05) is 23.6 Å². The number of hydrogen-bond donors (Lipinski definition) is 2. The fraction of sp³-hybridized carbons (Fsp3) is 0.478. The molecule has 26 heavy (non-hydrogen) atoms. The van der Waals surface area contributed by atoms with Gasteiger partial charge in [0.15, 0.2) is 0 Å². The number of aliphatic hydroxyl groups excluding tert-OH is 1. The summed E-state index contributed by atoms with van der Waals surface area (Å²) in [5.74, 6) is 0.388. The number of nitrogens with zero attached hydrogens (tertiary/aromatic N) is 1. The van der Waals surface area contributed by atoms with E-state index in [1.54, 1.807) is 19.1 Å². The molecule has 0 heterocycles. The van der Waals surface area contributed by atoms with Crippen LogP contribution < -0.4 is 0 Å². The second kappa shape index (κ2) is 9.20. The molecule has 0 aliphatic rings. The van der Waals surface area contributed by atoms with Crippen molar-refractivity contribution in [1.82, 2.24) is 4.90 Å². The van der Waals surface area contributed by atoms with Crippen LogP contribution in [0.2, 0.25) is 0 Å². The average molecular weight is 356 g/mol. The first-order valence-electron chi connectivity index (χ1n) is 9.62. The van der Waals surface area contributed by atoms with Gasteiger partial charge in [-0.25, -0.2) is 0 Å². The van der Waals surface area contributed by atoms with E-state index >= 15 is 0 Å². The maximum absolute atomic E-state index is 10.5. The van der Waals surface area contributed by atoms with Crippen molar-refractivity contribution < 1.29 is 10.2 Å². The van der Waals surface area contributed by atoms with E-state index in [9.17, 15) is 10.2 Å². The average Bonchev–Trinajstić information content (AvgIpc) is 2.59. The number of phenolic OH excluding ortho intramolecular Hbond substituents is 1. The molecule has 3 nitrogen and oxygen atoms in total. The van der Waals surface area contributed by atoms with Crippen molar-refractivity contribution in [3.8, 4) is 5.75 Å². The number of rotatable bonds is 8. The zero-order chi connectivity index (χ0) is 19.3. The molecule has 0 saturated heterocycles. The maximum Gasteiger partial charge on any atom is 0.119 e. The SMILES string of the molecule is CC(O)c1ccc(O)c(C(CCN(C(C)C)C(C)C)c2ccccc2)c1. The third kappa shape index (κ3) is 5.09. The van der Waals surface area contributed by atoms with E-state index in [0.29, 0.717) is 17.8 Å². The molecule has 0 radical (unpaired) electrons. The Kier molecular flexibility index (Phi) is 7.24. The van der Waals surface area contributed by atoms with E-state index in [-0.39, 0.29) is 5.92 Å². The first kappa shape index (κ1) is 20.5. The van der Waals surface area contributed by atoms with Crippen LogP contribution in [0.5, 0.6) is 5.75 Å². The van der Waals surface area contributed by atoms with Crippen molar-refractivity contribution >= 4 is 0 Å². The highest BCUT2D eigenvalue weighted by Crippen LogP contribution is 2.36. The van der Waals surface area contributed by atoms with Gasteiger partial charge in [-0.05, 0) is 70.8 Å². The fourth-order valence-electron chi connectivity index (χ4n) is 3.69. The molecule has 0 fully saturated rings. The maximum atomic E-state index is 10.5. The summed E-state index contributed by atoms with van der Waals surface area (Å²) in [4.78, 5) is 2.48. The molecular formula is C23H33NO2. The molecule has 142 valence electrons. The topological polar surface area (TPSA) is 43.7 Å². The Bertz CT molecular complexity index is 672. The quantitative estimate of drug-likeness (QED) is 0.693. The third-order valence-electron chi connectivity index (χ3n) is 5.11. The summed E-state index contributed by atoms with van der Waals surface area (Å²) in [6, 6.07) is 16.7. The fourth-order valence-corrected chi connectivity index (χ4v) is 3.69. The number of aliphatic hydroxyl groups is 1. The van der Waals surface area contributed by atoms with Crippen LogP contribution in [0.25, 0.3) is 0 Å². The minimum atomic E-state index is -0.548. The number of phenols is 1. The van der Waals surface area contributed by atoms with Crippen LogP contribution >= 0.6 is 0 Å². The molecule has 0 amide bonds. The normalized spacial score (nSPS) is 14.2. The van der Waals surface area contributed by atoms with Crippen molar-refractivity contribution in [3.63, 3.8) is 0 Å². The molecule has 2 aromatic carbocycles. The molecule has 2 atom stereocenters. The minimum absolute atomic E-state index is 0.0925. The standard InChI is InChI=1S/C23H33NO2/c1-16(2)24(17(3)4)14-13-21(19-9-7-6-8-10-19)22-15-20(18(5)25)11-12-23(22)26/h6-12,15-18,21,25-26H,13-14H2,1-5H3. The van der Waals surface area contributed by atoms with E-state index in [0.717, 1.165) is 24.1 Å². The molecule has 0 aliphatic heterocycles. The summed E-state index contributed by atoms with van der Waals surface area (Å²) in [6.07, 6.45) is 0.366. The Hall–Kier alpha value is -1.84. The molecule has 0 bridgehead atoms. The van der Waals surface area contributed by atoms with Gasteiger partial charge in [-0.1, -0.05) is 36.4 Å². The summed E-state index contributed by atoms with van der Waals surface area (Å²) in [7, 11) is 0. The molecule has 3 heteroatoms. The predicted molar refractivity (Wildman–Crippen MR) is 109 cm³/mol. The zero-order valence-electron chi connectivity index (χ0n) is 16.7. The van der Waals surface area contributed by atoms with Crippen LogP contribution in [0.3, 0.4) is 0 Å². The van der Waals surface area contributed by atoms with Crippen molar-refractivity contribution in [2.75, 3.05) is 6.54 Å². The number of aromatic hydroxyl groups is 1. The van der Waals surface area contributed by atoms with Crippen molar-refractivity contribution in [2.45, 2.75) is 65.1 Å². The van der Waals surface area contributed by atoms with Gasteiger partial charge in [0.1, 0.15) is 5.75 Å². The second-order valence-corrected chi connectivity index (χ2v) is 7.67. The molecule has 2 aromatic rings. The highest BCUT2D eigenvalue weighted by atomic mass is 16.3. The molecule has 2 N–H and O–H groups in total. The van der Waals surface area contributed by atoms with Gasteiger partial charge in [0.05, 0.1) is 6.10 Å². The zero-order valence-corrected chi connectivity index (χ0v) is 16.7. The van der Waals surface area contributed by atoms with Crippen molar-refractivity contribution in [1.29, 1.82) is 0 Å². The number of benzene rings is 2. The lowest BCUT2D eigenvalue weighted by Crippen LogP contribution is -2.38. The first-order chi connectivity index (χ1) is 12.3. The largest absolute Gasteiger partial charge is 0.508 e. The van der Waals surface area contributed by atoms with Gasteiger partial charge < -0.3 is 10.2 Å². The molecule has 0 aliphatic carbocycles. The van der Waals surface area contributed by atoms with Crippen molar-refractivity contribution in [3.05, 3.63) is 65.2 Å². The van der Waals surface area contributed by atoms with Gasteiger partial charge >= 0.3 is 0 Å². The third-order valence-corrected chi connectivity index (χ3v) is 5.11. The Labute approximate surface area is 158 Å². The molecule has 2 rings (SSSR count). The Morgan fingerprint density at radius 1 is 0.846 bits per heavy atom. The monoisotopic (exact) mass is 355 g/mol. The van der Waals surface area contributed by atoms with Crippen LogP contribution in [0, 0.1) is 0 Å². The predicted octanol–water partition coefficient (Wildman–Crippen LogP) is 5.09. The lowest BCUT2D eigenvalue weighted by molar-refractivity contribution is 0.170. The lowest BCUT2D eigenvalue weighted by Gasteiger charge is -2.32. The van der Waals surface area contributed by atoms with Gasteiger partial charge in [-0.3, -0.25) is 4.90 Å². The summed E-state index contributed by atoms with van der Waals surface area (Å²) in [5.41, 5.74) is 2.92. The van der Waals surface area contributed by atoms with E-state index < -0.39 is 6.10 Å². The van der Waals surface area contributed by atoms with Crippen LogP contribution in [0.1, 0.15) is 69.8 Å². The van der Waals surface area contributed by atoms with E-state index in [1.807, 2.05) is 24.3 Å². The highest BCUT2D eigenvalue weighted by molar-refractivity contribution is 5.44. The summed E-state index contributed by atoms with van der Waals surface area (Å²) < 4.78 is 0. The molecule has 2 unspecified atom stereocenters. The lowest BCUT2D eigenvalue weighted by atomic mass is 9.86. The van der Waals surface area contributed by atoms with E-state index in [2.05, 4.69) is 44.7 Å². The van der Waals surface area contributed by atoms with Crippen LogP contribution in [-0.2, 0) is 0 Å². The van der Waals surface area contributed by atoms with Crippen LogP contribution in [0.15, 0.2) is 48.5 Å². The van der Waals surface area contributed by atoms with E-state index in [4.69, 9.17) is 0 Å². The summed E-state index contributed by atoms with van der Waals surface area (Å²) >= 11 is 0. The van der Waals surface area contributed by atoms with Crippen LogP contribution in [0.4, 0.5) is 0 Å². The van der Waals surface area contributed by atoms with E-state index in [1.165, 1.54) is 5.56 Å². The summed E-state index contributed by atoms with van der Waals surface area (Å²) in [6.45, 7) is 11.6. The Morgan fingerprint density at radius 3 is 2.00 bits per heavy atom. The first-order valence-corrected chi connectivity index (χ1v) is 9.62. The smallest absolute Gasteiger partial charge is 0.119 e. The van der Waals surface area contributed by atoms with Gasteiger partial charge in [-0.15, -0.1) is 0 Å². The Morgan fingerprint density at radius 2 is 1.46 bits per heavy atom. The van der Waals surface area contributed by atoms with Gasteiger partial charge in [0.25, 0.3) is 0 Å². The highest BCUT2D eigenvalue weighted by Gasteiger charge is 2.22.